The number of ether oxygens (including phenoxy) is 1. The summed E-state index contributed by atoms with van der Waals surface area (Å²) in [5.41, 5.74) is 0.781. The summed E-state index contributed by atoms with van der Waals surface area (Å²) in [5.74, 6) is -1.01. The van der Waals surface area contributed by atoms with Crippen molar-refractivity contribution in [3.63, 3.8) is 0 Å². The molecule has 3 aromatic rings. The van der Waals surface area contributed by atoms with Crippen LogP contribution in [0.4, 0.5) is 13.2 Å². The number of methoxy groups -OCH3 is 1. The standard InChI is InChI=1S/C17H14F3N3O3/c1-25-13-4-2-3-11(9-13)5-7-23-8-6-12(10-14(23)24)15-21-16(26-22-15)17(18,19)20/h2-4,6,8-10H,5,7H2,1H3. The van der Waals surface area contributed by atoms with Gasteiger partial charge < -0.3 is 13.8 Å². The molecule has 0 unspecified atom stereocenters. The van der Waals surface area contributed by atoms with Crippen LogP contribution in [-0.4, -0.2) is 21.8 Å². The summed E-state index contributed by atoms with van der Waals surface area (Å²) in [6.07, 6.45) is -2.64. The van der Waals surface area contributed by atoms with Gasteiger partial charge in [-0.15, -0.1) is 0 Å². The van der Waals surface area contributed by atoms with Gasteiger partial charge in [0.2, 0.25) is 5.82 Å². The Labute approximate surface area is 145 Å². The van der Waals surface area contributed by atoms with E-state index in [2.05, 4.69) is 14.7 Å². The third-order valence-electron chi connectivity index (χ3n) is 3.70. The maximum absolute atomic E-state index is 12.5. The number of hydrogen-bond acceptors (Lipinski definition) is 5. The Hall–Kier alpha value is -3.10. The second-order valence-corrected chi connectivity index (χ2v) is 5.47. The Bertz CT molecular complexity index is 963. The van der Waals surface area contributed by atoms with Gasteiger partial charge in [0.15, 0.2) is 0 Å². The molecule has 0 aliphatic carbocycles. The van der Waals surface area contributed by atoms with Crippen molar-refractivity contribution in [1.29, 1.82) is 0 Å². The maximum atomic E-state index is 12.5. The average molecular weight is 365 g/mol. The van der Waals surface area contributed by atoms with Crippen LogP contribution in [0, 0.1) is 0 Å². The van der Waals surface area contributed by atoms with Crippen LogP contribution in [-0.2, 0) is 19.1 Å². The molecule has 3 rings (SSSR count). The summed E-state index contributed by atoms with van der Waals surface area (Å²) in [6, 6.07) is 10.1. The van der Waals surface area contributed by atoms with Crippen LogP contribution in [0.25, 0.3) is 11.4 Å². The van der Waals surface area contributed by atoms with Crippen LogP contribution in [0.2, 0.25) is 0 Å². The van der Waals surface area contributed by atoms with Crippen LogP contribution in [0.1, 0.15) is 11.5 Å². The van der Waals surface area contributed by atoms with E-state index in [9.17, 15) is 18.0 Å². The number of alkyl halides is 3. The van der Waals surface area contributed by atoms with Crippen molar-refractivity contribution in [2.75, 3.05) is 7.11 Å². The highest BCUT2D eigenvalue weighted by Crippen LogP contribution is 2.29. The van der Waals surface area contributed by atoms with Gasteiger partial charge in [-0.2, -0.15) is 18.2 Å². The van der Waals surface area contributed by atoms with Crippen LogP contribution in [0.5, 0.6) is 5.75 Å². The van der Waals surface area contributed by atoms with Crippen LogP contribution in [0.3, 0.4) is 0 Å². The zero-order valence-corrected chi connectivity index (χ0v) is 13.7. The molecule has 0 aliphatic rings. The highest BCUT2D eigenvalue weighted by molar-refractivity contribution is 5.52. The number of hydrogen-bond donors (Lipinski definition) is 0. The first-order valence-corrected chi connectivity index (χ1v) is 7.61. The van der Waals surface area contributed by atoms with E-state index in [1.54, 1.807) is 7.11 Å². The van der Waals surface area contributed by atoms with Gasteiger partial charge in [0.1, 0.15) is 5.75 Å². The molecule has 0 saturated heterocycles. The van der Waals surface area contributed by atoms with E-state index in [0.717, 1.165) is 11.3 Å². The lowest BCUT2D eigenvalue weighted by Crippen LogP contribution is -2.19. The second-order valence-electron chi connectivity index (χ2n) is 5.47. The van der Waals surface area contributed by atoms with E-state index >= 15 is 0 Å². The maximum Gasteiger partial charge on any atom is 0.471 e. The molecular weight excluding hydrogens is 351 g/mol. The lowest BCUT2D eigenvalue weighted by molar-refractivity contribution is -0.159. The van der Waals surface area contributed by atoms with Crippen molar-refractivity contribution in [1.82, 2.24) is 14.7 Å². The molecule has 0 atom stereocenters. The largest absolute Gasteiger partial charge is 0.497 e. The Morgan fingerprint density at radius 2 is 2.04 bits per heavy atom. The number of nitrogens with zero attached hydrogens (tertiary/aromatic N) is 3. The molecule has 0 spiro atoms. The van der Waals surface area contributed by atoms with Gasteiger partial charge >= 0.3 is 12.1 Å². The molecule has 2 heterocycles. The number of rotatable bonds is 5. The number of aromatic nitrogens is 3. The quantitative estimate of drug-likeness (QED) is 0.695. The number of halogens is 3. The van der Waals surface area contributed by atoms with E-state index in [0.29, 0.717) is 13.0 Å². The molecule has 0 saturated carbocycles. The molecule has 0 aliphatic heterocycles. The summed E-state index contributed by atoms with van der Waals surface area (Å²) < 4.78 is 48.3. The SMILES string of the molecule is COc1cccc(CCn2ccc(-c3noc(C(F)(F)F)n3)cc2=O)c1. The highest BCUT2D eigenvalue weighted by atomic mass is 19.4. The first-order chi connectivity index (χ1) is 12.4. The monoisotopic (exact) mass is 365 g/mol. The Morgan fingerprint density at radius 1 is 1.23 bits per heavy atom. The first-order valence-electron chi connectivity index (χ1n) is 7.61. The van der Waals surface area contributed by atoms with Crippen LogP contribution in [0.15, 0.2) is 51.9 Å². The second kappa shape index (κ2) is 7.03. The molecular formula is C17H14F3N3O3. The predicted octanol–water partition coefficient (Wildman–Crippen LogP) is 3.17. The van der Waals surface area contributed by atoms with E-state index in [1.165, 1.54) is 22.9 Å². The van der Waals surface area contributed by atoms with E-state index in [4.69, 9.17) is 4.74 Å². The minimum Gasteiger partial charge on any atom is -0.497 e. The summed E-state index contributed by atoms with van der Waals surface area (Å²) >= 11 is 0. The van der Waals surface area contributed by atoms with Crippen LogP contribution < -0.4 is 10.3 Å². The van der Waals surface area contributed by atoms with Crippen molar-refractivity contribution in [3.8, 4) is 17.1 Å². The van der Waals surface area contributed by atoms with Crippen molar-refractivity contribution in [3.05, 3.63) is 64.4 Å². The van der Waals surface area contributed by atoms with Gasteiger partial charge in [0, 0.05) is 24.4 Å². The third-order valence-corrected chi connectivity index (χ3v) is 3.70. The zero-order chi connectivity index (χ0) is 18.7. The van der Waals surface area contributed by atoms with Crippen molar-refractivity contribution >= 4 is 0 Å². The fourth-order valence-electron chi connectivity index (χ4n) is 2.36. The van der Waals surface area contributed by atoms with Gasteiger partial charge in [0.05, 0.1) is 7.11 Å². The highest BCUT2D eigenvalue weighted by Gasteiger charge is 2.38. The molecule has 136 valence electrons. The van der Waals surface area contributed by atoms with Gasteiger partial charge in [0.25, 0.3) is 5.56 Å². The number of aryl methyl sites for hydroxylation is 2. The minimum absolute atomic E-state index is 0.159. The third kappa shape index (κ3) is 3.93. The molecule has 2 aromatic heterocycles. The fourth-order valence-corrected chi connectivity index (χ4v) is 2.36. The van der Waals surface area contributed by atoms with Crippen molar-refractivity contribution < 1.29 is 22.4 Å². The van der Waals surface area contributed by atoms with Crippen molar-refractivity contribution in [2.24, 2.45) is 0 Å². The molecule has 0 amide bonds. The molecule has 0 N–H and O–H groups in total. The van der Waals surface area contributed by atoms with Gasteiger partial charge in [-0.05, 0) is 30.2 Å². The normalized spacial score (nSPS) is 11.5. The summed E-state index contributed by atoms with van der Waals surface area (Å²) in [6.45, 7) is 0.409. The molecule has 0 bridgehead atoms. The summed E-state index contributed by atoms with van der Waals surface area (Å²) in [5, 5.41) is 3.27. The average Bonchev–Trinajstić information content (AvgIpc) is 3.11. The molecule has 1 aromatic carbocycles. The lowest BCUT2D eigenvalue weighted by Gasteiger charge is -2.07. The first kappa shape index (κ1) is 17.7. The Kier molecular flexibility index (Phi) is 4.79. The van der Waals surface area contributed by atoms with E-state index < -0.39 is 12.1 Å². The van der Waals surface area contributed by atoms with E-state index in [-0.39, 0.29) is 16.9 Å². The zero-order valence-electron chi connectivity index (χ0n) is 13.7. The minimum atomic E-state index is -4.73. The van der Waals surface area contributed by atoms with Gasteiger partial charge in [-0.1, -0.05) is 17.3 Å². The molecule has 6 nitrogen and oxygen atoms in total. The molecule has 9 heteroatoms. The lowest BCUT2D eigenvalue weighted by atomic mass is 10.1. The topological polar surface area (TPSA) is 70.2 Å². The van der Waals surface area contributed by atoms with Crippen molar-refractivity contribution in [2.45, 2.75) is 19.1 Å². The number of benzene rings is 1. The smallest absolute Gasteiger partial charge is 0.471 e. The number of pyridine rings is 1. The molecule has 0 radical (unpaired) electrons. The summed E-state index contributed by atoms with van der Waals surface area (Å²) in [7, 11) is 1.57. The Morgan fingerprint density at radius 3 is 2.69 bits per heavy atom. The Balaban J connectivity index is 1.75. The molecule has 0 fully saturated rings. The van der Waals surface area contributed by atoms with E-state index in [1.807, 2.05) is 24.3 Å². The summed E-state index contributed by atoms with van der Waals surface area (Å²) in [4.78, 5) is 15.5. The van der Waals surface area contributed by atoms with Crippen LogP contribution >= 0.6 is 0 Å². The van der Waals surface area contributed by atoms with Gasteiger partial charge in [-0.3, -0.25) is 4.79 Å². The fraction of sp³-hybridized carbons (Fsp3) is 0.235. The van der Waals surface area contributed by atoms with Gasteiger partial charge in [-0.25, -0.2) is 0 Å². The molecule has 26 heavy (non-hydrogen) atoms. The predicted molar refractivity (Wildman–Crippen MR) is 85.7 cm³/mol.